The smallest absolute Gasteiger partial charge is 0.265 e. The topological polar surface area (TPSA) is 69.2 Å². The van der Waals surface area contributed by atoms with Crippen LogP contribution < -0.4 is 25.2 Å². The maximum atomic E-state index is 12.3. The molecule has 2 aliphatic heterocycles. The number of amides is 1. The summed E-state index contributed by atoms with van der Waals surface area (Å²) in [4.78, 5) is 21.3. The van der Waals surface area contributed by atoms with Crippen LogP contribution in [-0.4, -0.2) is 57.2 Å². The van der Waals surface area contributed by atoms with Gasteiger partial charge in [0.1, 0.15) is 5.75 Å². The van der Waals surface area contributed by atoms with Gasteiger partial charge in [-0.3, -0.25) is 9.79 Å². The third-order valence-corrected chi connectivity index (χ3v) is 6.54. The second-order valence-electron chi connectivity index (χ2n) is 7.77. The maximum Gasteiger partial charge on any atom is 0.265 e. The highest BCUT2D eigenvalue weighted by molar-refractivity contribution is 14.0. The molecule has 0 saturated carbocycles. The predicted octanol–water partition coefficient (Wildman–Crippen LogP) is 3.71. The van der Waals surface area contributed by atoms with E-state index in [9.17, 15) is 4.79 Å². The molecule has 2 N–H and O–H groups in total. The Morgan fingerprint density at radius 2 is 2.03 bits per heavy atom. The van der Waals surface area contributed by atoms with Gasteiger partial charge in [0.05, 0.1) is 10.7 Å². The Morgan fingerprint density at radius 3 is 2.78 bits per heavy atom. The van der Waals surface area contributed by atoms with E-state index in [0.717, 1.165) is 56.3 Å². The number of piperidine rings is 1. The van der Waals surface area contributed by atoms with Gasteiger partial charge in [0, 0.05) is 38.8 Å². The van der Waals surface area contributed by atoms with E-state index in [2.05, 4.69) is 40.0 Å². The van der Waals surface area contributed by atoms with Crippen LogP contribution in [0.3, 0.4) is 0 Å². The lowest BCUT2D eigenvalue weighted by atomic mass is 10.1. The summed E-state index contributed by atoms with van der Waals surface area (Å²) >= 11 is 1.81. The van der Waals surface area contributed by atoms with E-state index >= 15 is 0 Å². The number of hydrogen-bond acceptors (Lipinski definition) is 5. The van der Waals surface area contributed by atoms with Crippen molar-refractivity contribution in [1.29, 1.82) is 0 Å². The second-order valence-corrected chi connectivity index (χ2v) is 8.70. The minimum atomic E-state index is 0. The van der Waals surface area contributed by atoms with Crippen molar-refractivity contribution in [3.63, 3.8) is 0 Å². The lowest BCUT2D eigenvalue weighted by Gasteiger charge is -2.33. The van der Waals surface area contributed by atoms with E-state index in [1.165, 1.54) is 5.00 Å². The van der Waals surface area contributed by atoms with Crippen LogP contribution in [0.25, 0.3) is 0 Å². The van der Waals surface area contributed by atoms with Gasteiger partial charge in [-0.2, -0.15) is 0 Å². The number of anilines is 2. The number of aliphatic imine (C=N–C) groups is 1. The number of rotatable bonds is 7. The van der Waals surface area contributed by atoms with Gasteiger partial charge in [-0.25, -0.2) is 0 Å². The first kappa shape index (κ1) is 24.6. The molecule has 9 heteroatoms. The predicted molar refractivity (Wildman–Crippen MR) is 143 cm³/mol. The van der Waals surface area contributed by atoms with E-state index in [1.54, 1.807) is 0 Å². The number of para-hydroxylation sites is 2. The van der Waals surface area contributed by atoms with Crippen LogP contribution in [-0.2, 0) is 4.79 Å². The van der Waals surface area contributed by atoms with Crippen LogP contribution in [0.2, 0.25) is 0 Å². The van der Waals surface area contributed by atoms with Crippen LogP contribution in [0.4, 0.5) is 10.7 Å². The number of fused-ring (bicyclic) bond motifs is 1. The number of ether oxygens (including phenoxy) is 1. The molecule has 0 unspecified atom stereocenters. The van der Waals surface area contributed by atoms with Crippen molar-refractivity contribution in [3.05, 3.63) is 41.8 Å². The van der Waals surface area contributed by atoms with E-state index in [0.29, 0.717) is 19.1 Å². The quantitative estimate of drug-likeness (QED) is 0.231. The van der Waals surface area contributed by atoms with Crippen molar-refractivity contribution in [1.82, 2.24) is 10.6 Å². The molecule has 7 nitrogen and oxygen atoms in total. The Bertz CT molecular complexity index is 884. The molecule has 2 aliphatic rings. The number of guanidine groups is 1. The summed E-state index contributed by atoms with van der Waals surface area (Å²) in [6, 6.07) is 12.4. The Kier molecular flexibility index (Phi) is 9.46. The highest BCUT2D eigenvalue weighted by atomic mass is 127. The van der Waals surface area contributed by atoms with E-state index in [1.807, 2.05) is 40.5 Å². The Labute approximate surface area is 211 Å². The number of thiophene rings is 1. The summed E-state index contributed by atoms with van der Waals surface area (Å²) in [5.41, 5.74) is 0.852. The number of nitrogens with zero attached hydrogens (tertiary/aromatic N) is 3. The van der Waals surface area contributed by atoms with Crippen molar-refractivity contribution >= 4 is 57.9 Å². The fourth-order valence-corrected chi connectivity index (χ4v) is 4.81. The largest absolute Gasteiger partial charge is 0.482 e. The van der Waals surface area contributed by atoms with Crippen LogP contribution in [0.5, 0.6) is 5.75 Å². The summed E-state index contributed by atoms with van der Waals surface area (Å²) in [5, 5.41) is 10.5. The van der Waals surface area contributed by atoms with Gasteiger partial charge < -0.3 is 25.2 Å². The highest BCUT2D eigenvalue weighted by Gasteiger charge is 2.24. The maximum absolute atomic E-state index is 12.3. The number of hydrogen-bond donors (Lipinski definition) is 2. The van der Waals surface area contributed by atoms with Crippen molar-refractivity contribution in [2.75, 3.05) is 49.1 Å². The SMILES string of the molecule is CCNC(=NCCCN1C(=O)COc2ccccc21)NC1CCN(c2cccs2)CC1.I. The molecule has 1 aromatic heterocycles. The molecule has 1 fully saturated rings. The van der Waals surface area contributed by atoms with Gasteiger partial charge in [-0.15, -0.1) is 35.3 Å². The lowest BCUT2D eigenvalue weighted by Crippen LogP contribution is -2.48. The summed E-state index contributed by atoms with van der Waals surface area (Å²) in [6.07, 6.45) is 3.00. The Morgan fingerprint density at radius 1 is 1.22 bits per heavy atom. The standard InChI is InChI=1S/C23H31N5O2S.HI/c1-2-24-23(26-18-10-14-27(15-11-18)22-9-5-16-31-22)25-12-6-13-28-19-7-3-4-8-20(19)30-17-21(28)29;/h3-5,7-9,16,18H,2,6,10-15,17H2,1H3,(H2,24,25,26);1H. The first-order valence-corrected chi connectivity index (χ1v) is 12.0. The second kappa shape index (κ2) is 12.3. The van der Waals surface area contributed by atoms with E-state index in [-0.39, 0.29) is 36.5 Å². The van der Waals surface area contributed by atoms with Crippen LogP contribution in [0, 0.1) is 0 Å². The molecule has 4 rings (SSSR count). The van der Waals surface area contributed by atoms with Gasteiger partial charge in [0.15, 0.2) is 12.6 Å². The zero-order valence-corrected chi connectivity index (χ0v) is 21.6. The number of carbonyl (C=O) groups excluding carboxylic acids is 1. The van der Waals surface area contributed by atoms with Gasteiger partial charge in [-0.05, 0) is 55.8 Å². The molecule has 0 bridgehead atoms. The average Bonchev–Trinajstić information content (AvgIpc) is 3.33. The molecule has 0 atom stereocenters. The summed E-state index contributed by atoms with van der Waals surface area (Å²) in [6.45, 7) is 6.45. The van der Waals surface area contributed by atoms with Gasteiger partial charge >= 0.3 is 0 Å². The summed E-state index contributed by atoms with van der Waals surface area (Å²) in [5.74, 6) is 1.64. The van der Waals surface area contributed by atoms with Crippen molar-refractivity contribution in [2.45, 2.75) is 32.2 Å². The lowest BCUT2D eigenvalue weighted by molar-refractivity contribution is -0.121. The summed E-state index contributed by atoms with van der Waals surface area (Å²) in [7, 11) is 0. The fraction of sp³-hybridized carbons (Fsp3) is 0.478. The van der Waals surface area contributed by atoms with E-state index < -0.39 is 0 Å². The molecule has 3 heterocycles. The van der Waals surface area contributed by atoms with Crippen molar-refractivity contribution in [2.24, 2.45) is 4.99 Å². The van der Waals surface area contributed by atoms with Crippen LogP contribution >= 0.6 is 35.3 Å². The molecule has 2 aromatic rings. The average molecular weight is 570 g/mol. The van der Waals surface area contributed by atoms with Crippen molar-refractivity contribution in [3.8, 4) is 5.75 Å². The molecular weight excluding hydrogens is 537 g/mol. The molecule has 0 spiro atoms. The van der Waals surface area contributed by atoms with E-state index in [4.69, 9.17) is 9.73 Å². The molecular formula is C23H32IN5O2S. The number of halogens is 1. The third-order valence-electron chi connectivity index (χ3n) is 5.62. The zero-order chi connectivity index (χ0) is 21.5. The Hall–Kier alpha value is -2.01. The first-order valence-electron chi connectivity index (χ1n) is 11.1. The molecule has 1 aromatic carbocycles. The zero-order valence-electron chi connectivity index (χ0n) is 18.5. The summed E-state index contributed by atoms with van der Waals surface area (Å²) < 4.78 is 5.52. The minimum Gasteiger partial charge on any atom is -0.482 e. The number of carbonyl (C=O) groups is 1. The van der Waals surface area contributed by atoms with Crippen LogP contribution in [0.15, 0.2) is 46.8 Å². The van der Waals surface area contributed by atoms with Gasteiger partial charge in [0.2, 0.25) is 0 Å². The fourth-order valence-electron chi connectivity index (χ4n) is 4.03. The number of nitrogens with one attached hydrogen (secondary N) is 2. The molecule has 1 amide bonds. The molecule has 1 saturated heterocycles. The molecule has 174 valence electrons. The monoisotopic (exact) mass is 569 g/mol. The normalized spacial score (nSPS) is 16.8. The Balaban J connectivity index is 0.00000289. The number of benzene rings is 1. The highest BCUT2D eigenvalue weighted by Crippen LogP contribution is 2.31. The molecule has 32 heavy (non-hydrogen) atoms. The first-order chi connectivity index (χ1) is 15.2. The third kappa shape index (κ3) is 6.28. The van der Waals surface area contributed by atoms with Crippen LogP contribution in [0.1, 0.15) is 26.2 Å². The van der Waals surface area contributed by atoms with Gasteiger partial charge in [-0.1, -0.05) is 12.1 Å². The molecule has 0 radical (unpaired) electrons. The van der Waals surface area contributed by atoms with Gasteiger partial charge in [0.25, 0.3) is 5.91 Å². The minimum absolute atomic E-state index is 0. The molecule has 0 aliphatic carbocycles. The van der Waals surface area contributed by atoms with Crippen molar-refractivity contribution < 1.29 is 9.53 Å².